The van der Waals surface area contributed by atoms with Gasteiger partial charge in [-0.25, -0.2) is 0 Å². The van der Waals surface area contributed by atoms with Crippen LogP contribution in [0.2, 0.25) is 0 Å². The molecule has 1 saturated heterocycles. The summed E-state index contributed by atoms with van der Waals surface area (Å²) in [5.41, 5.74) is 6.03. The molecule has 1 fully saturated rings. The fourth-order valence-electron chi connectivity index (χ4n) is 2.65. The summed E-state index contributed by atoms with van der Waals surface area (Å²) in [5.74, 6) is 0. The fourth-order valence-corrected chi connectivity index (χ4v) is 3.66. The largest absolute Gasteiger partial charge is 0.376 e. The molecule has 0 radical (unpaired) electrons. The second-order valence-electron chi connectivity index (χ2n) is 5.10. The monoisotopic (exact) mass is 268 g/mol. The molecule has 3 unspecified atom stereocenters. The molecule has 3 nitrogen and oxygen atoms in total. The zero-order valence-electron chi connectivity index (χ0n) is 11.6. The molecular formula is C14H24N2OS. The average molecular weight is 268 g/mol. The first-order valence-electron chi connectivity index (χ1n) is 6.79. The Labute approximate surface area is 114 Å². The first kappa shape index (κ1) is 14.0. The van der Waals surface area contributed by atoms with Crippen molar-refractivity contribution in [3.8, 4) is 0 Å². The van der Waals surface area contributed by atoms with E-state index in [1.807, 2.05) is 11.3 Å². The van der Waals surface area contributed by atoms with E-state index in [2.05, 4.69) is 37.8 Å². The Morgan fingerprint density at radius 1 is 1.56 bits per heavy atom. The Hall–Kier alpha value is -0.420. The molecule has 0 spiro atoms. The first-order valence-corrected chi connectivity index (χ1v) is 7.61. The summed E-state index contributed by atoms with van der Waals surface area (Å²) in [6.45, 7) is 9.02. The SMILES string of the molecule is CCC1COC(C)CN1C(CN)c1ccc(C)s1. The van der Waals surface area contributed by atoms with Crippen LogP contribution in [0.5, 0.6) is 0 Å². The molecule has 1 aromatic rings. The van der Waals surface area contributed by atoms with Crippen LogP contribution in [0, 0.1) is 6.92 Å². The third kappa shape index (κ3) is 2.94. The second kappa shape index (κ2) is 6.15. The van der Waals surface area contributed by atoms with Crippen molar-refractivity contribution in [2.75, 3.05) is 19.7 Å². The van der Waals surface area contributed by atoms with Gasteiger partial charge in [-0.15, -0.1) is 11.3 Å². The standard InChI is InChI=1S/C14H24N2OS/c1-4-12-9-17-10(2)8-16(12)13(7-15)14-6-5-11(3)18-14/h5-6,10,12-13H,4,7-9,15H2,1-3H3. The van der Waals surface area contributed by atoms with E-state index < -0.39 is 0 Å². The molecule has 2 heterocycles. The molecule has 1 aromatic heterocycles. The number of nitrogens with two attached hydrogens (primary N) is 1. The van der Waals surface area contributed by atoms with Crippen molar-refractivity contribution in [3.05, 3.63) is 21.9 Å². The number of rotatable bonds is 4. The highest BCUT2D eigenvalue weighted by atomic mass is 32.1. The molecule has 102 valence electrons. The van der Waals surface area contributed by atoms with Gasteiger partial charge in [0.1, 0.15) is 0 Å². The minimum Gasteiger partial charge on any atom is -0.376 e. The summed E-state index contributed by atoms with van der Waals surface area (Å²) in [6, 6.07) is 5.26. The van der Waals surface area contributed by atoms with Gasteiger partial charge in [0.2, 0.25) is 0 Å². The Kier molecular flexibility index (Phi) is 4.78. The topological polar surface area (TPSA) is 38.5 Å². The van der Waals surface area contributed by atoms with Crippen LogP contribution >= 0.6 is 11.3 Å². The number of morpholine rings is 1. The van der Waals surface area contributed by atoms with Crippen LogP contribution in [0.15, 0.2) is 12.1 Å². The smallest absolute Gasteiger partial charge is 0.0675 e. The van der Waals surface area contributed by atoms with Gasteiger partial charge in [-0.05, 0) is 32.4 Å². The molecule has 2 N–H and O–H groups in total. The molecule has 4 heteroatoms. The fraction of sp³-hybridized carbons (Fsp3) is 0.714. The van der Waals surface area contributed by atoms with E-state index in [0.29, 0.717) is 24.7 Å². The molecule has 0 amide bonds. The van der Waals surface area contributed by atoms with Crippen molar-refractivity contribution in [1.82, 2.24) is 4.90 Å². The molecule has 0 aliphatic carbocycles. The van der Waals surface area contributed by atoms with Gasteiger partial charge in [0, 0.05) is 28.9 Å². The predicted molar refractivity (Wildman–Crippen MR) is 77.1 cm³/mol. The van der Waals surface area contributed by atoms with E-state index in [1.54, 1.807) is 0 Å². The zero-order valence-corrected chi connectivity index (χ0v) is 12.4. The number of ether oxygens (including phenoxy) is 1. The van der Waals surface area contributed by atoms with Crippen LogP contribution < -0.4 is 5.73 Å². The Bertz CT molecular complexity index is 380. The third-order valence-corrected chi connectivity index (χ3v) is 4.80. The molecule has 1 aliphatic heterocycles. The minimum atomic E-state index is 0.308. The van der Waals surface area contributed by atoms with Gasteiger partial charge < -0.3 is 10.5 Å². The lowest BCUT2D eigenvalue weighted by atomic mass is 10.1. The molecule has 18 heavy (non-hydrogen) atoms. The van der Waals surface area contributed by atoms with Crippen molar-refractivity contribution >= 4 is 11.3 Å². The van der Waals surface area contributed by atoms with Crippen LogP contribution in [-0.2, 0) is 4.74 Å². The summed E-state index contributed by atoms with van der Waals surface area (Å²) in [5, 5.41) is 0. The molecule has 1 aliphatic rings. The normalized spacial score (nSPS) is 27.3. The first-order chi connectivity index (χ1) is 8.65. The summed E-state index contributed by atoms with van der Waals surface area (Å²) in [4.78, 5) is 5.29. The van der Waals surface area contributed by atoms with Crippen LogP contribution in [0.4, 0.5) is 0 Å². The third-order valence-electron chi connectivity index (χ3n) is 3.69. The van der Waals surface area contributed by atoms with E-state index in [0.717, 1.165) is 19.6 Å². The lowest BCUT2D eigenvalue weighted by Gasteiger charge is -2.42. The lowest BCUT2D eigenvalue weighted by Crippen LogP contribution is -2.51. The zero-order chi connectivity index (χ0) is 13.1. The maximum Gasteiger partial charge on any atom is 0.0675 e. The number of nitrogens with zero attached hydrogens (tertiary/aromatic N) is 1. The minimum absolute atomic E-state index is 0.308. The molecule has 0 aromatic carbocycles. The van der Waals surface area contributed by atoms with Gasteiger partial charge in [-0.1, -0.05) is 6.92 Å². The Morgan fingerprint density at radius 3 is 2.89 bits per heavy atom. The number of aryl methyl sites for hydroxylation is 1. The van der Waals surface area contributed by atoms with Gasteiger partial charge in [0.15, 0.2) is 0 Å². The molecule has 3 atom stereocenters. The maximum atomic E-state index is 6.03. The molecule has 0 bridgehead atoms. The highest BCUT2D eigenvalue weighted by Gasteiger charge is 2.31. The van der Waals surface area contributed by atoms with Crippen LogP contribution in [0.3, 0.4) is 0 Å². The van der Waals surface area contributed by atoms with Crippen molar-refractivity contribution < 1.29 is 4.74 Å². The van der Waals surface area contributed by atoms with Gasteiger partial charge in [-0.2, -0.15) is 0 Å². The van der Waals surface area contributed by atoms with E-state index in [9.17, 15) is 0 Å². The number of hydrogen-bond acceptors (Lipinski definition) is 4. The highest BCUT2D eigenvalue weighted by molar-refractivity contribution is 7.12. The van der Waals surface area contributed by atoms with Crippen LogP contribution in [-0.4, -0.2) is 36.7 Å². The average Bonchev–Trinajstić information content (AvgIpc) is 2.77. The van der Waals surface area contributed by atoms with Crippen LogP contribution in [0.1, 0.15) is 36.1 Å². The van der Waals surface area contributed by atoms with Crippen molar-refractivity contribution in [3.63, 3.8) is 0 Å². The lowest BCUT2D eigenvalue weighted by molar-refractivity contribution is -0.0714. The van der Waals surface area contributed by atoms with Crippen molar-refractivity contribution in [2.24, 2.45) is 5.73 Å². The van der Waals surface area contributed by atoms with Crippen LogP contribution in [0.25, 0.3) is 0 Å². The molecule has 0 saturated carbocycles. The maximum absolute atomic E-state index is 6.03. The molecular weight excluding hydrogens is 244 g/mol. The number of thiophene rings is 1. The van der Waals surface area contributed by atoms with Crippen molar-refractivity contribution in [2.45, 2.75) is 45.4 Å². The predicted octanol–water partition coefficient (Wildman–Crippen LogP) is 2.56. The second-order valence-corrected chi connectivity index (χ2v) is 6.42. The summed E-state index contributed by atoms with van der Waals surface area (Å²) in [7, 11) is 0. The summed E-state index contributed by atoms with van der Waals surface area (Å²) < 4.78 is 5.77. The van der Waals surface area contributed by atoms with E-state index >= 15 is 0 Å². The van der Waals surface area contributed by atoms with Crippen molar-refractivity contribution in [1.29, 1.82) is 0 Å². The van der Waals surface area contributed by atoms with Gasteiger partial charge in [-0.3, -0.25) is 4.90 Å². The van der Waals surface area contributed by atoms with Gasteiger partial charge in [0.25, 0.3) is 0 Å². The Balaban J connectivity index is 2.19. The quantitative estimate of drug-likeness (QED) is 0.912. The van der Waals surface area contributed by atoms with Gasteiger partial charge in [0.05, 0.1) is 18.8 Å². The summed E-state index contributed by atoms with van der Waals surface area (Å²) >= 11 is 1.87. The Morgan fingerprint density at radius 2 is 2.33 bits per heavy atom. The van der Waals surface area contributed by atoms with E-state index in [-0.39, 0.29) is 0 Å². The number of hydrogen-bond donors (Lipinski definition) is 1. The highest BCUT2D eigenvalue weighted by Crippen LogP contribution is 2.31. The van der Waals surface area contributed by atoms with Gasteiger partial charge >= 0.3 is 0 Å². The summed E-state index contributed by atoms with van der Waals surface area (Å²) in [6.07, 6.45) is 1.43. The van der Waals surface area contributed by atoms with E-state index in [1.165, 1.54) is 9.75 Å². The van der Waals surface area contributed by atoms with E-state index in [4.69, 9.17) is 10.5 Å². The molecule has 2 rings (SSSR count).